The van der Waals surface area contributed by atoms with Crippen molar-refractivity contribution in [1.82, 2.24) is 0 Å². The van der Waals surface area contributed by atoms with Crippen LogP contribution in [-0.2, 0) is 17.1 Å². The molecule has 0 bridgehead atoms. The predicted octanol–water partition coefficient (Wildman–Crippen LogP) is 4.05. The maximum absolute atomic E-state index is 2.94. The Kier molecular flexibility index (Phi) is 11.4. The van der Waals surface area contributed by atoms with E-state index in [-0.39, 0.29) is 17.1 Å². The van der Waals surface area contributed by atoms with Crippen LogP contribution in [0.15, 0.2) is 85.1 Å². The van der Waals surface area contributed by atoms with Crippen molar-refractivity contribution in [2.24, 2.45) is 0 Å². The van der Waals surface area contributed by atoms with Crippen molar-refractivity contribution >= 4 is 0 Å². The summed E-state index contributed by atoms with van der Waals surface area (Å²) in [6, 6.07) is 0. The zero-order chi connectivity index (χ0) is 11.3. The number of allylic oxidation sites excluding steroid dienone is 16. The van der Waals surface area contributed by atoms with E-state index in [1.54, 1.807) is 0 Å². The molecular formula is C16H14Fe. The Hall–Kier alpha value is -1.56. The van der Waals surface area contributed by atoms with Crippen LogP contribution in [-0.4, -0.2) is 0 Å². The van der Waals surface area contributed by atoms with Gasteiger partial charge in [-0.1, -0.05) is 12.2 Å². The first kappa shape index (κ1) is 15.4. The van der Waals surface area contributed by atoms with Gasteiger partial charge in [0, 0.05) is 0 Å². The minimum absolute atomic E-state index is 0. The summed E-state index contributed by atoms with van der Waals surface area (Å²) in [6.45, 7) is 0. The molecule has 0 heterocycles. The fraction of sp³-hybridized carbons (Fsp3) is 0. The maximum atomic E-state index is 2.94. The van der Waals surface area contributed by atoms with Gasteiger partial charge >= 0.3 is 17.1 Å². The van der Waals surface area contributed by atoms with Crippen molar-refractivity contribution in [2.45, 2.75) is 0 Å². The van der Waals surface area contributed by atoms with Gasteiger partial charge in [0.1, 0.15) is 0 Å². The molecule has 0 aliphatic heterocycles. The van der Waals surface area contributed by atoms with Crippen LogP contribution in [0.5, 0.6) is 0 Å². The third-order valence-corrected chi connectivity index (χ3v) is 1.66. The van der Waals surface area contributed by atoms with Crippen molar-refractivity contribution in [3.63, 3.8) is 0 Å². The molecule has 0 atom stereocenters. The Balaban J connectivity index is 0.000000284. The molecule has 0 saturated carbocycles. The zero-order valence-corrected chi connectivity index (χ0v) is 10.5. The third kappa shape index (κ3) is 10.7. The minimum atomic E-state index is 0. The van der Waals surface area contributed by atoms with E-state index in [1.807, 2.05) is 85.1 Å². The fourth-order valence-corrected chi connectivity index (χ4v) is 0.940. The van der Waals surface area contributed by atoms with E-state index in [2.05, 4.69) is 12.2 Å². The monoisotopic (exact) mass is 262 g/mol. The van der Waals surface area contributed by atoms with Crippen LogP contribution >= 0.6 is 0 Å². The Morgan fingerprint density at radius 2 is 0.765 bits per heavy atom. The molecule has 0 fully saturated rings. The van der Waals surface area contributed by atoms with E-state index < -0.39 is 0 Å². The van der Waals surface area contributed by atoms with Crippen LogP contribution in [0.25, 0.3) is 0 Å². The number of rotatable bonds is 0. The van der Waals surface area contributed by atoms with E-state index >= 15 is 0 Å². The number of hydrogen-bond donors (Lipinski definition) is 0. The van der Waals surface area contributed by atoms with E-state index in [0.29, 0.717) is 0 Å². The van der Waals surface area contributed by atoms with E-state index in [9.17, 15) is 0 Å². The van der Waals surface area contributed by atoms with Gasteiger partial charge in [-0.2, -0.15) is 60.8 Å². The van der Waals surface area contributed by atoms with Gasteiger partial charge in [0.25, 0.3) is 0 Å². The average molecular weight is 262 g/mol. The van der Waals surface area contributed by atoms with E-state index in [4.69, 9.17) is 0 Å². The minimum Gasteiger partial charge on any atom is -0.184 e. The summed E-state index contributed by atoms with van der Waals surface area (Å²) in [5.74, 6) is 0. The van der Waals surface area contributed by atoms with E-state index in [0.717, 1.165) is 0 Å². The fourth-order valence-electron chi connectivity index (χ4n) is 0.940. The molecule has 1 heteroatoms. The van der Waals surface area contributed by atoms with Gasteiger partial charge in [0.15, 0.2) is 0 Å². The van der Waals surface area contributed by atoms with Crippen LogP contribution in [0, 0.1) is 12.2 Å². The Labute approximate surface area is 114 Å². The van der Waals surface area contributed by atoms with Crippen molar-refractivity contribution < 1.29 is 17.1 Å². The van der Waals surface area contributed by atoms with E-state index in [1.165, 1.54) is 0 Å². The van der Waals surface area contributed by atoms with Gasteiger partial charge < -0.3 is 0 Å². The molecular weight excluding hydrogens is 248 g/mol. The van der Waals surface area contributed by atoms with Crippen molar-refractivity contribution in [3.05, 3.63) is 97.2 Å². The molecule has 2 rings (SSSR count). The Bertz CT molecular complexity index is 247. The standard InChI is InChI=1S/2C8H7.Fe/c2*1-2-4-6-8-7-5-3-1;/h2*1-7H;/q2*-1;+2/b2-1?,3-1?,4-2?,5-3?,6-4-,7-5?;2-1-,3-1?,4-2?,5-3-,6-4?,7-5?;. The summed E-state index contributed by atoms with van der Waals surface area (Å²) in [5, 5.41) is 0. The Morgan fingerprint density at radius 3 is 1.24 bits per heavy atom. The molecule has 0 nitrogen and oxygen atoms in total. The van der Waals surface area contributed by atoms with Crippen LogP contribution in [0.3, 0.4) is 0 Å². The number of hydrogen-bond acceptors (Lipinski definition) is 0. The molecule has 0 N–H and O–H groups in total. The summed E-state index contributed by atoms with van der Waals surface area (Å²) in [7, 11) is 0. The van der Waals surface area contributed by atoms with Crippen LogP contribution in [0.2, 0.25) is 0 Å². The van der Waals surface area contributed by atoms with Crippen LogP contribution < -0.4 is 0 Å². The summed E-state index contributed by atoms with van der Waals surface area (Å²) in [6.07, 6.45) is 33.0. The topological polar surface area (TPSA) is 0 Å². The van der Waals surface area contributed by atoms with Gasteiger partial charge in [-0.3, -0.25) is 0 Å². The molecule has 17 heavy (non-hydrogen) atoms. The largest absolute Gasteiger partial charge is 2.00 e. The molecule has 86 valence electrons. The molecule has 0 amide bonds. The second-order valence-corrected chi connectivity index (χ2v) is 2.92. The third-order valence-electron chi connectivity index (χ3n) is 1.66. The van der Waals surface area contributed by atoms with Gasteiger partial charge in [0.05, 0.1) is 0 Å². The smallest absolute Gasteiger partial charge is 0.184 e. The van der Waals surface area contributed by atoms with Crippen molar-refractivity contribution in [3.8, 4) is 0 Å². The van der Waals surface area contributed by atoms with Crippen molar-refractivity contribution in [1.29, 1.82) is 0 Å². The van der Waals surface area contributed by atoms with Gasteiger partial charge in [-0.05, 0) is 0 Å². The first-order chi connectivity index (χ1) is 8.00. The normalized spacial score (nSPS) is 20.7. The SMILES string of the molecule is [C-]1=C/C=C\C=C/C=C1.[C-]1=CC=CC=C/C=C\1.[Fe+2]. The van der Waals surface area contributed by atoms with Crippen LogP contribution in [0.1, 0.15) is 0 Å². The molecule has 0 spiro atoms. The second kappa shape index (κ2) is 12.5. The Morgan fingerprint density at radius 1 is 0.412 bits per heavy atom. The van der Waals surface area contributed by atoms with Gasteiger partial charge in [-0.15, -0.1) is 24.3 Å². The average Bonchev–Trinajstić information content (AvgIpc) is 2.15. The second-order valence-electron chi connectivity index (χ2n) is 2.92. The van der Waals surface area contributed by atoms with Gasteiger partial charge in [-0.25, -0.2) is 0 Å². The predicted molar refractivity (Wildman–Crippen MR) is 70.5 cm³/mol. The zero-order valence-electron chi connectivity index (χ0n) is 9.44. The first-order valence-electron chi connectivity index (χ1n) is 5.15. The molecule has 0 aromatic rings. The molecule has 2 aliphatic carbocycles. The van der Waals surface area contributed by atoms with Crippen molar-refractivity contribution in [2.75, 3.05) is 0 Å². The maximum Gasteiger partial charge on any atom is 2.00 e. The van der Waals surface area contributed by atoms with Gasteiger partial charge in [0.2, 0.25) is 0 Å². The quantitative estimate of drug-likeness (QED) is 0.456. The molecule has 0 aromatic carbocycles. The molecule has 0 radical (unpaired) electrons. The summed E-state index contributed by atoms with van der Waals surface area (Å²) >= 11 is 0. The first-order valence-corrected chi connectivity index (χ1v) is 5.15. The van der Waals surface area contributed by atoms with Crippen LogP contribution in [0.4, 0.5) is 0 Å². The summed E-state index contributed by atoms with van der Waals surface area (Å²) in [4.78, 5) is 0. The summed E-state index contributed by atoms with van der Waals surface area (Å²) in [5.41, 5.74) is 0. The summed E-state index contributed by atoms with van der Waals surface area (Å²) < 4.78 is 0. The molecule has 0 saturated heterocycles. The molecule has 2 aliphatic rings. The molecule has 0 aromatic heterocycles. The molecule has 0 unspecified atom stereocenters.